The van der Waals surface area contributed by atoms with Gasteiger partial charge in [0.15, 0.2) is 5.69 Å². The second-order valence-electron chi connectivity index (χ2n) is 4.68. The number of aryl methyl sites for hydroxylation is 2. The van der Waals surface area contributed by atoms with E-state index in [1.807, 2.05) is 6.92 Å². The molecule has 0 fully saturated rings. The van der Waals surface area contributed by atoms with Crippen molar-refractivity contribution in [3.63, 3.8) is 0 Å². The van der Waals surface area contributed by atoms with Crippen LogP contribution < -0.4 is 0 Å². The van der Waals surface area contributed by atoms with Crippen LogP contribution in [0, 0.1) is 0 Å². The summed E-state index contributed by atoms with van der Waals surface area (Å²) in [5.74, 6) is -1.10. The summed E-state index contributed by atoms with van der Waals surface area (Å²) in [6.45, 7) is 3.39. The Balaban J connectivity index is 2.26. The van der Waals surface area contributed by atoms with Crippen LogP contribution in [0.25, 0.3) is 11.3 Å². The fourth-order valence-electron chi connectivity index (χ4n) is 2.11. The van der Waals surface area contributed by atoms with Crippen molar-refractivity contribution in [2.75, 3.05) is 6.61 Å². The van der Waals surface area contributed by atoms with Crippen molar-refractivity contribution >= 4 is 5.97 Å². The maximum absolute atomic E-state index is 11.3. The van der Waals surface area contributed by atoms with Crippen molar-refractivity contribution in [1.29, 1.82) is 0 Å². The van der Waals surface area contributed by atoms with Crippen LogP contribution in [0.5, 0.6) is 0 Å². The van der Waals surface area contributed by atoms with Crippen LogP contribution in [0.3, 0.4) is 0 Å². The molecule has 0 atom stereocenters. The smallest absolute Gasteiger partial charge is 0.358 e. The second-order valence-corrected chi connectivity index (χ2v) is 4.68. The summed E-state index contributed by atoms with van der Waals surface area (Å²) in [5.41, 5.74) is 1.11. The molecule has 2 N–H and O–H groups in total. The van der Waals surface area contributed by atoms with Crippen LogP contribution in [0.1, 0.15) is 36.7 Å². The highest BCUT2D eigenvalue weighted by molar-refractivity contribution is 5.92. The number of aliphatic hydroxyl groups is 1. The van der Waals surface area contributed by atoms with E-state index in [1.54, 1.807) is 21.8 Å². The maximum atomic E-state index is 11.3. The average Bonchev–Trinajstić information content (AvgIpc) is 3.09. The fourth-order valence-corrected chi connectivity index (χ4v) is 2.11. The lowest BCUT2D eigenvalue weighted by Crippen LogP contribution is -2.05. The van der Waals surface area contributed by atoms with E-state index in [0.29, 0.717) is 24.3 Å². The molecule has 8 nitrogen and oxygen atoms in total. The van der Waals surface area contributed by atoms with E-state index < -0.39 is 5.97 Å². The number of carboxylic acid groups (broad SMARTS) is 1. The summed E-state index contributed by atoms with van der Waals surface area (Å²) >= 11 is 0. The van der Waals surface area contributed by atoms with Crippen LogP contribution in [0.4, 0.5) is 0 Å². The predicted molar refractivity (Wildman–Crippen MR) is 74.8 cm³/mol. The van der Waals surface area contributed by atoms with Gasteiger partial charge in [-0.25, -0.2) is 9.48 Å². The summed E-state index contributed by atoms with van der Waals surface area (Å²) in [4.78, 5) is 11.3. The highest BCUT2D eigenvalue weighted by atomic mass is 16.4. The maximum Gasteiger partial charge on any atom is 0.358 e. The molecule has 0 radical (unpaired) electrons. The minimum absolute atomic E-state index is 0.0622. The Labute approximate surface area is 122 Å². The van der Waals surface area contributed by atoms with Gasteiger partial charge in [-0.15, -0.1) is 5.10 Å². The number of aromatic nitrogens is 5. The van der Waals surface area contributed by atoms with Crippen LogP contribution in [0.2, 0.25) is 0 Å². The molecule has 0 aromatic carbocycles. The highest BCUT2D eigenvalue weighted by Crippen LogP contribution is 2.22. The monoisotopic (exact) mass is 293 g/mol. The molecule has 0 saturated heterocycles. The molecule has 114 valence electrons. The molecule has 0 aliphatic carbocycles. The Morgan fingerprint density at radius 1 is 1.33 bits per heavy atom. The van der Waals surface area contributed by atoms with Crippen molar-refractivity contribution in [2.24, 2.45) is 0 Å². The molecule has 0 aliphatic heterocycles. The first kappa shape index (κ1) is 15.2. The minimum atomic E-state index is -1.10. The van der Waals surface area contributed by atoms with Crippen molar-refractivity contribution in [3.05, 3.63) is 18.1 Å². The third-order valence-electron chi connectivity index (χ3n) is 3.20. The van der Waals surface area contributed by atoms with Gasteiger partial charge in [0.2, 0.25) is 0 Å². The van der Waals surface area contributed by atoms with Crippen molar-refractivity contribution in [3.8, 4) is 11.3 Å². The number of rotatable bonds is 8. The van der Waals surface area contributed by atoms with Gasteiger partial charge in [-0.1, -0.05) is 5.21 Å². The van der Waals surface area contributed by atoms with E-state index >= 15 is 0 Å². The van der Waals surface area contributed by atoms with Crippen molar-refractivity contribution in [2.45, 2.75) is 39.3 Å². The summed E-state index contributed by atoms with van der Waals surface area (Å²) < 4.78 is 3.32. The zero-order valence-corrected chi connectivity index (χ0v) is 11.9. The molecule has 2 aromatic rings. The largest absolute Gasteiger partial charge is 0.476 e. The van der Waals surface area contributed by atoms with Gasteiger partial charge in [0.05, 0.1) is 6.20 Å². The average molecular weight is 293 g/mol. The van der Waals surface area contributed by atoms with E-state index in [1.165, 1.54) is 0 Å². The molecule has 0 aliphatic rings. The van der Waals surface area contributed by atoms with Gasteiger partial charge in [0, 0.05) is 31.5 Å². The molecule has 2 aromatic heterocycles. The predicted octanol–water partition coefficient (Wildman–Crippen LogP) is 1.02. The number of unbranched alkanes of at least 4 members (excludes halogenated alkanes) is 2. The van der Waals surface area contributed by atoms with Gasteiger partial charge in [-0.2, -0.15) is 5.10 Å². The quantitative estimate of drug-likeness (QED) is 0.704. The molecular formula is C13H19N5O3. The molecule has 0 unspecified atom stereocenters. The van der Waals surface area contributed by atoms with Gasteiger partial charge in [-0.05, 0) is 26.2 Å². The van der Waals surface area contributed by atoms with E-state index in [9.17, 15) is 9.90 Å². The van der Waals surface area contributed by atoms with Gasteiger partial charge in [-0.3, -0.25) is 4.68 Å². The lowest BCUT2D eigenvalue weighted by atomic mass is 10.2. The number of hydrogen-bond acceptors (Lipinski definition) is 5. The molecule has 0 spiro atoms. The lowest BCUT2D eigenvalue weighted by molar-refractivity contribution is 0.0691. The lowest BCUT2D eigenvalue weighted by Gasteiger charge is -2.05. The number of hydrogen-bond donors (Lipinski definition) is 2. The molecular weight excluding hydrogens is 274 g/mol. The number of carboxylic acids is 1. The third-order valence-corrected chi connectivity index (χ3v) is 3.20. The van der Waals surface area contributed by atoms with Gasteiger partial charge >= 0.3 is 5.97 Å². The molecule has 8 heteroatoms. The Bertz CT molecular complexity index is 605. The summed E-state index contributed by atoms with van der Waals surface area (Å²) in [5, 5.41) is 29.9. The van der Waals surface area contributed by atoms with E-state index in [0.717, 1.165) is 19.3 Å². The summed E-state index contributed by atoms with van der Waals surface area (Å²) in [6.07, 6.45) is 5.79. The standard InChI is InChI=1S/C13H19N5O3/c1-2-17-9-10(8-14-17)12-11(13(20)21)15-16-18(12)6-4-3-5-7-19/h8-9,19H,2-7H2,1H3,(H,20,21). The first-order chi connectivity index (χ1) is 10.2. The van der Waals surface area contributed by atoms with Crippen LogP contribution in [-0.2, 0) is 13.1 Å². The van der Waals surface area contributed by atoms with Gasteiger partial charge in [0.25, 0.3) is 0 Å². The third kappa shape index (κ3) is 3.46. The zero-order chi connectivity index (χ0) is 15.2. The fraction of sp³-hybridized carbons (Fsp3) is 0.538. The van der Waals surface area contributed by atoms with Crippen LogP contribution in [-0.4, -0.2) is 47.6 Å². The summed E-state index contributed by atoms with van der Waals surface area (Å²) in [7, 11) is 0. The topological polar surface area (TPSA) is 106 Å². The number of aromatic carboxylic acids is 1. The van der Waals surface area contributed by atoms with E-state index in [-0.39, 0.29) is 12.3 Å². The second kappa shape index (κ2) is 6.98. The minimum Gasteiger partial charge on any atom is -0.476 e. The van der Waals surface area contributed by atoms with E-state index in [4.69, 9.17) is 5.11 Å². The zero-order valence-electron chi connectivity index (χ0n) is 11.9. The Morgan fingerprint density at radius 3 is 2.76 bits per heavy atom. The number of nitrogens with zero attached hydrogens (tertiary/aromatic N) is 5. The molecule has 2 rings (SSSR count). The van der Waals surface area contributed by atoms with Gasteiger partial charge in [0.1, 0.15) is 5.69 Å². The Morgan fingerprint density at radius 2 is 2.14 bits per heavy atom. The number of carbonyl (C=O) groups is 1. The number of aliphatic hydroxyl groups excluding tert-OH is 1. The summed E-state index contributed by atoms with van der Waals surface area (Å²) in [6, 6.07) is 0. The highest BCUT2D eigenvalue weighted by Gasteiger charge is 2.21. The first-order valence-corrected chi connectivity index (χ1v) is 6.97. The van der Waals surface area contributed by atoms with Crippen molar-refractivity contribution in [1.82, 2.24) is 24.8 Å². The Hall–Kier alpha value is -2.22. The molecule has 0 amide bonds. The SMILES string of the molecule is CCn1cc(-c2c(C(=O)O)nnn2CCCCCO)cn1. The normalized spacial score (nSPS) is 11.0. The van der Waals surface area contributed by atoms with Gasteiger partial charge < -0.3 is 10.2 Å². The molecule has 21 heavy (non-hydrogen) atoms. The molecule has 0 saturated carbocycles. The van der Waals surface area contributed by atoms with Crippen LogP contribution >= 0.6 is 0 Å². The Kier molecular flexibility index (Phi) is 5.04. The van der Waals surface area contributed by atoms with E-state index in [2.05, 4.69) is 15.4 Å². The van der Waals surface area contributed by atoms with Crippen molar-refractivity contribution < 1.29 is 15.0 Å². The molecule has 2 heterocycles. The molecule has 0 bridgehead atoms. The van der Waals surface area contributed by atoms with Crippen LogP contribution in [0.15, 0.2) is 12.4 Å². The first-order valence-electron chi connectivity index (χ1n) is 6.97.